The van der Waals surface area contributed by atoms with Crippen LogP contribution in [-0.2, 0) is 6.54 Å². The first-order chi connectivity index (χ1) is 17.1. The van der Waals surface area contributed by atoms with Crippen LogP contribution in [-0.4, -0.2) is 34.8 Å². The Balaban J connectivity index is 2.01. The van der Waals surface area contributed by atoms with Gasteiger partial charge in [0.15, 0.2) is 0 Å². The third-order valence-electron chi connectivity index (χ3n) is 5.80. The number of nitrogens with two attached hydrogens (primary N) is 1. The zero-order valence-corrected chi connectivity index (χ0v) is 19.3. The molecule has 11 nitrogen and oxygen atoms in total. The maximum Gasteiger partial charge on any atom is 0.266 e. The highest BCUT2D eigenvalue weighted by atomic mass is 16.1. The summed E-state index contributed by atoms with van der Waals surface area (Å²) in [6.45, 7) is 1.15. The molecular formula is C24H26N10O. The van der Waals surface area contributed by atoms with Gasteiger partial charge in [0, 0.05) is 24.9 Å². The second-order valence-corrected chi connectivity index (χ2v) is 7.84. The first-order valence-corrected chi connectivity index (χ1v) is 11.0. The molecule has 3 aromatic rings. The highest BCUT2D eigenvalue weighted by Crippen LogP contribution is 2.27. The van der Waals surface area contributed by atoms with Gasteiger partial charge in [-0.1, -0.05) is 35.4 Å². The Kier molecular flexibility index (Phi) is 7.18. The fraction of sp³-hybridized carbons (Fsp3) is 0.250. The second kappa shape index (κ2) is 10.6. The summed E-state index contributed by atoms with van der Waals surface area (Å²) < 4.78 is 1.53. The predicted molar refractivity (Wildman–Crippen MR) is 134 cm³/mol. The number of nitrogens with zero attached hydrogens (tertiary/aromatic N) is 6. The van der Waals surface area contributed by atoms with Crippen molar-refractivity contribution in [2.75, 3.05) is 20.3 Å². The first-order valence-electron chi connectivity index (χ1n) is 11.0. The van der Waals surface area contributed by atoms with Crippen molar-refractivity contribution in [1.82, 2.24) is 30.5 Å². The number of hydrogen-bond acceptors (Lipinski definition) is 8. The number of rotatable bonds is 8. The molecule has 0 bridgehead atoms. The molecule has 2 aromatic carbocycles. The lowest BCUT2D eigenvalue weighted by Gasteiger charge is -2.35. The van der Waals surface area contributed by atoms with E-state index in [0.717, 1.165) is 5.70 Å². The molecule has 1 unspecified atom stereocenters. The summed E-state index contributed by atoms with van der Waals surface area (Å²) in [7, 11) is 1.81. The number of nitrogens with one attached hydrogen (secondary N) is 3. The Morgan fingerprint density at radius 2 is 2.14 bits per heavy atom. The fourth-order valence-electron chi connectivity index (χ4n) is 4.17. The number of hydrazine groups is 1. The molecule has 5 N–H and O–H groups in total. The summed E-state index contributed by atoms with van der Waals surface area (Å²) in [5.41, 5.74) is 11.0. The Bertz CT molecular complexity index is 1400. The molecule has 1 atom stereocenters. The molecule has 4 rings (SSSR count). The summed E-state index contributed by atoms with van der Waals surface area (Å²) in [6, 6.07) is 13.9. The zero-order chi connectivity index (χ0) is 24.8. The molecule has 0 aliphatic carbocycles. The Morgan fingerprint density at radius 1 is 1.34 bits per heavy atom. The van der Waals surface area contributed by atoms with Crippen molar-refractivity contribution in [3.8, 4) is 18.0 Å². The number of likely N-dealkylation sites (N-methyl/N-ethyl adjacent to an activating group) is 1. The quantitative estimate of drug-likeness (QED) is 0.0982. The molecule has 1 aliphatic heterocycles. The van der Waals surface area contributed by atoms with Crippen LogP contribution in [0.15, 0.2) is 70.0 Å². The monoisotopic (exact) mass is 470 g/mol. The number of aromatic nitrogens is 2. The van der Waals surface area contributed by atoms with Gasteiger partial charge in [0.2, 0.25) is 0 Å². The van der Waals surface area contributed by atoms with Crippen molar-refractivity contribution >= 4 is 10.9 Å². The molecule has 0 fully saturated rings. The van der Waals surface area contributed by atoms with E-state index in [4.69, 9.17) is 22.8 Å². The smallest absolute Gasteiger partial charge is 0.266 e. The topological polar surface area (TPSA) is 149 Å². The normalized spacial score (nSPS) is 14.0. The largest absolute Gasteiger partial charge is 0.387 e. The van der Waals surface area contributed by atoms with Gasteiger partial charge in [-0.25, -0.2) is 10.8 Å². The van der Waals surface area contributed by atoms with Gasteiger partial charge in [-0.05, 0) is 29.3 Å². The number of benzene rings is 2. The summed E-state index contributed by atoms with van der Waals surface area (Å²) in [4.78, 5) is 21.7. The minimum Gasteiger partial charge on any atom is -0.387 e. The Labute approximate surface area is 202 Å². The molecule has 11 heteroatoms. The van der Waals surface area contributed by atoms with Gasteiger partial charge in [-0.2, -0.15) is 0 Å². The first kappa shape index (κ1) is 23.7. The summed E-state index contributed by atoms with van der Waals surface area (Å²) in [6.07, 6.45) is 5.97. The summed E-state index contributed by atoms with van der Waals surface area (Å²) in [5.74, 6) is 10.4. The third kappa shape index (κ3) is 4.62. The lowest BCUT2D eigenvalue weighted by molar-refractivity contribution is 0.223. The van der Waals surface area contributed by atoms with Crippen molar-refractivity contribution < 1.29 is 0 Å². The van der Waals surface area contributed by atoms with Gasteiger partial charge in [-0.3, -0.25) is 19.7 Å². The van der Waals surface area contributed by atoms with Crippen molar-refractivity contribution in [3.63, 3.8) is 0 Å². The van der Waals surface area contributed by atoms with Crippen LogP contribution in [0.5, 0.6) is 0 Å². The van der Waals surface area contributed by atoms with E-state index in [-0.39, 0.29) is 18.5 Å². The molecule has 1 aliphatic rings. The van der Waals surface area contributed by atoms with Gasteiger partial charge < -0.3 is 10.6 Å². The third-order valence-corrected chi connectivity index (χ3v) is 5.80. The van der Waals surface area contributed by atoms with E-state index in [1.54, 1.807) is 18.2 Å². The van der Waals surface area contributed by atoms with Gasteiger partial charge >= 0.3 is 0 Å². The second-order valence-electron chi connectivity index (χ2n) is 7.84. The molecule has 2 heterocycles. The van der Waals surface area contributed by atoms with Gasteiger partial charge in [0.1, 0.15) is 17.7 Å². The van der Waals surface area contributed by atoms with Crippen molar-refractivity contribution in [3.05, 3.63) is 92.2 Å². The molecule has 1 aromatic heterocycles. The number of terminal acetylenes is 1. The highest BCUT2D eigenvalue weighted by molar-refractivity contribution is 5.81. The van der Waals surface area contributed by atoms with Crippen molar-refractivity contribution in [2.24, 2.45) is 11.0 Å². The van der Waals surface area contributed by atoms with E-state index in [0.29, 0.717) is 47.0 Å². The Hall–Kier alpha value is -4.49. The van der Waals surface area contributed by atoms with Crippen LogP contribution in [0.2, 0.25) is 0 Å². The molecule has 0 radical (unpaired) electrons. The van der Waals surface area contributed by atoms with Gasteiger partial charge in [0.25, 0.3) is 5.56 Å². The molecule has 0 saturated carbocycles. The molecule has 0 amide bonds. The van der Waals surface area contributed by atoms with Crippen molar-refractivity contribution in [2.45, 2.75) is 19.0 Å². The minimum atomic E-state index is -0.623. The molecule has 0 saturated heterocycles. The van der Waals surface area contributed by atoms with E-state index in [1.807, 2.05) is 37.4 Å². The molecule has 178 valence electrons. The van der Waals surface area contributed by atoms with Crippen LogP contribution >= 0.6 is 0 Å². The average Bonchev–Trinajstić information content (AvgIpc) is 2.90. The average molecular weight is 471 g/mol. The number of hydrogen-bond donors (Lipinski definition) is 4. The van der Waals surface area contributed by atoms with E-state index < -0.39 is 6.04 Å². The molecule has 0 spiro atoms. The number of azide groups is 1. The number of fused-ring (bicyclic) bond motifs is 1. The van der Waals surface area contributed by atoms with Crippen LogP contribution in [0.3, 0.4) is 0 Å². The molecular weight excluding hydrogens is 444 g/mol. The van der Waals surface area contributed by atoms with E-state index >= 15 is 0 Å². The Morgan fingerprint density at radius 3 is 2.86 bits per heavy atom. The van der Waals surface area contributed by atoms with Crippen LogP contribution in [0.1, 0.15) is 23.9 Å². The predicted octanol–water partition coefficient (Wildman–Crippen LogP) is 1.97. The standard InChI is InChI=1S/C24H26N10O/c1-3-8-20(34(26)22-19(27-2)14-28-15-29-22)23-31-18-12-7-9-16(13-30-32-25)21(18)24(35)33(23)17-10-5-4-6-11-17/h1,4-7,9-12,20,27-29H,8,13-15,26H2,2H3. The minimum absolute atomic E-state index is 0.0328. The van der Waals surface area contributed by atoms with Crippen molar-refractivity contribution in [1.29, 1.82) is 0 Å². The van der Waals surface area contributed by atoms with Crippen LogP contribution in [0.4, 0.5) is 0 Å². The van der Waals surface area contributed by atoms with Gasteiger partial charge in [0.05, 0.1) is 35.5 Å². The highest BCUT2D eigenvalue weighted by Gasteiger charge is 2.29. The summed E-state index contributed by atoms with van der Waals surface area (Å²) >= 11 is 0. The van der Waals surface area contributed by atoms with Crippen LogP contribution in [0, 0.1) is 12.3 Å². The SMILES string of the molecule is C#CCC(c1nc2cccc(CN=[N+]=[N-])c2c(=O)n1-c1ccccc1)N(N)C1=C(NC)CNCN1. The maximum absolute atomic E-state index is 14.0. The zero-order valence-electron chi connectivity index (χ0n) is 19.3. The van der Waals surface area contributed by atoms with Crippen LogP contribution < -0.4 is 27.4 Å². The molecule has 35 heavy (non-hydrogen) atoms. The number of para-hydroxylation sites is 1. The van der Waals surface area contributed by atoms with E-state index in [9.17, 15) is 4.79 Å². The van der Waals surface area contributed by atoms with Crippen LogP contribution in [0.25, 0.3) is 27.0 Å². The fourth-order valence-corrected chi connectivity index (χ4v) is 4.17. The maximum atomic E-state index is 14.0. The van der Waals surface area contributed by atoms with E-state index in [2.05, 4.69) is 31.9 Å². The lowest BCUT2D eigenvalue weighted by atomic mass is 10.1. The van der Waals surface area contributed by atoms with Gasteiger partial charge in [-0.15, -0.1) is 12.3 Å². The lowest BCUT2D eigenvalue weighted by Crippen LogP contribution is -2.50. The summed E-state index contributed by atoms with van der Waals surface area (Å²) in [5, 5.41) is 15.2. The van der Waals surface area contributed by atoms with E-state index in [1.165, 1.54) is 9.58 Å².